The quantitative estimate of drug-likeness (QED) is 0.217. The molecule has 1 amide bonds. The number of nitrogens with one attached hydrogen (secondary N) is 1. The van der Waals surface area contributed by atoms with Crippen molar-refractivity contribution < 1.29 is 4.79 Å². The zero-order valence-corrected chi connectivity index (χ0v) is 21.0. The van der Waals surface area contributed by atoms with E-state index < -0.39 is 0 Å². The van der Waals surface area contributed by atoms with E-state index in [1.165, 1.54) is 17.4 Å². The molecule has 0 saturated heterocycles. The van der Waals surface area contributed by atoms with Crippen molar-refractivity contribution in [3.05, 3.63) is 64.7 Å². The van der Waals surface area contributed by atoms with Crippen molar-refractivity contribution in [2.24, 2.45) is 5.10 Å². The number of carbonyl (C=O) groups excluding carboxylic acids is 1. The van der Waals surface area contributed by atoms with Crippen LogP contribution >= 0.6 is 11.8 Å². The number of thioether (sulfide) groups is 1. The van der Waals surface area contributed by atoms with E-state index in [-0.39, 0.29) is 11.7 Å². The van der Waals surface area contributed by atoms with Gasteiger partial charge in [-0.1, -0.05) is 11.8 Å². The van der Waals surface area contributed by atoms with Crippen LogP contribution in [0.2, 0.25) is 0 Å². The number of hydrazone groups is 1. The minimum absolute atomic E-state index is 0.195. The summed E-state index contributed by atoms with van der Waals surface area (Å²) in [6, 6.07) is 12.6. The molecule has 0 saturated carbocycles. The maximum Gasteiger partial charge on any atom is 0.250 e. The lowest BCUT2D eigenvalue weighted by Crippen LogP contribution is -2.21. The molecule has 0 radical (unpaired) electrons. The van der Waals surface area contributed by atoms with Gasteiger partial charge in [0, 0.05) is 52.8 Å². The number of hydrogen-bond donors (Lipinski definition) is 1. The van der Waals surface area contributed by atoms with E-state index in [9.17, 15) is 4.79 Å². The van der Waals surface area contributed by atoms with Gasteiger partial charge < -0.3 is 9.47 Å². The van der Waals surface area contributed by atoms with Crippen molar-refractivity contribution in [1.29, 1.82) is 0 Å². The lowest BCUT2D eigenvalue weighted by molar-refractivity contribution is -0.118. The van der Waals surface area contributed by atoms with Crippen molar-refractivity contribution in [2.45, 2.75) is 46.7 Å². The largest absolute Gasteiger partial charge is 0.372 e. The molecule has 3 rings (SSSR count). The van der Waals surface area contributed by atoms with Crippen LogP contribution in [0.4, 0.5) is 5.69 Å². The Kier molecular flexibility index (Phi) is 8.27. The zero-order chi connectivity index (χ0) is 24.0. The van der Waals surface area contributed by atoms with Crippen molar-refractivity contribution in [1.82, 2.24) is 20.0 Å². The van der Waals surface area contributed by atoms with E-state index in [2.05, 4.69) is 88.0 Å². The third-order valence-electron chi connectivity index (χ3n) is 5.39. The summed E-state index contributed by atoms with van der Waals surface area (Å²) in [6.45, 7) is 14.3. The van der Waals surface area contributed by atoms with Gasteiger partial charge in [-0.25, -0.2) is 15.4 Å². The Morgan fingerprint density at radius 3 is 2.30 bits per heavy atom. The molecule has 2 heterocycles. The first kappa shape index (κ1) is 24.5. The van der Waals surface area contributed by atoms with Crippen LogP contribution in [0.15, 0.2) is 46.7 Å². The van der Waals surface area contributed by atoms with Gasteiger partial charge in [0.25, 0.3) is 5.91 Å². The van der Waals surface area contributed by atoms with Gasteiger partial charge in [-0.3, -0.25) is 4.79 Å². The standard InChI is InChI=1S/C25H32N6OS/c1-7-30(8-2)22-9-11-23(12-10-22)31-19(5)14-21(20(31)6)15-26-29-24(32)16-33-25-27-17(3)13-18(4)28-25/h9-15H,7-8,16H2,1-6H3,(H,29,32)/b26-15-. The van der Waals surface area contributed by atoms with Crippen LogP contribution in [0.3, 0.4) is 0 Å². The lowest BCUT2D eigenvalue weighted by Gasteiger charge is -2.21. The summed E-state index contributed by atoms with van der Waals surface area (Å²) >= 11 is 1.30. The Morgan fingerprint density at radius 2 is 1.70 bits per heavy atom. The van der Waals surface area contributed by atoms with Crippen molar-refractivity contribution in [2.75, 3.05) is 23.7 Å². The fourth-order valence-corrected chi connectivity index (χ4v) is 4.55. The van der Waals surface area contributed by atoms with Gasteiger partial charge in [-0.2, -0.15) is 5.10 Å². The summed E-state index contributed by atoms with van der Waals surface area (Å²) in [5.41, 5.74) is 9.85. The molecule has 0 aliphatic heterocycles. The molecule has 0 atom stereocenters. The summed E-state index contributed by atoms with van der Waals surface area (Å²) in [5.74, 6) is 0.0119. The average Bonchev–Trinajstić information content (AvgIpc) is 3.06. The molecule has 0 aliphatic carbocycles. The van der Waals surface area contributed by atoms with Gasteiger partial charge in [0.05, 0.1) is 12.0 Å². The third-order valence-corrected chi connectivity index (χ3v) is 6.24. The van der Waals surface area contributed by atoms with Gasteiger partial charge in [0.2, 0.25) is 0 Å². The predicted octanol–water partition coefficient (Wildman–Crippen LogP) is 4.59. The first-order valence-corrected chi connectivity index (χ1v) is 12.1. The zero-order valence-electron chi connectivity index (χ0n) is 20.2. The Morgan fingerprint density at radius 1 is 1.06 bits per heavy atom. The minimum atomic E-state index is -0.195. The Balaban J connectivity index is 1.64. The number of benzene rings is 1. The lowest BCUT2D eigenvalue weighted by atomic mass is 10.2. The molecule has 8 heteroatoms. The third kappa shape index (κ3) is 6.22. The number of aromatic nitrogens is 3. The second kappa shape index (κ2) is 11.1. The molecule has 0 unspecified atom stereocenters. The molecule has 2 aromatic heterocycles. The molecule has 0 bridgehead atoms. The maximum absolute atomic E-state index is 12.2. The molecule has 0 aliphatic rings. The molecule has 33 heavy (non-hydrogen) atoms. The van der Waals surface area contributed by atoms with Gasteiger partial charge in [-0.15, -0.1) is 0 Å². The maximum atomic E-state index is 12.2. The van der Waals surface area contributed by atoms with Crippen LogP contribution in [0, 0.1) is 27.7 Å². The van der Waals surface area contributed by atoms with Crippen molar-refractivity contribution >= 4 is 29.6 Å². The van der Waals surface area contributed by atoms with Gasteiger partial charge in [0.15, 0.2) is 5.16 Å². The number of anilines is 1. The van der Waals surface area contributed by atoms with Crippen molar-refractivity contribution in [3.63, 3.8) is 0 Å². The fraction of sp³-hybridized carbons (Fsp3) is 0.360. The van der Waals surface area contributed by atoms with Crippen LogP contribution in [0.1, 0.15) is 42.2 Å². The molecular formula is C25H32N6OS. The summed E-state index contributed by atoms with van der Waals surface area (Å²) < 4.78 is 2.20. The topological polar surface area (TPSA) is 75.4 Å². The Bertz CT molecular complexity index is 1110. The Hall–Kier alpha value is -3.13. The van der Waals surface area contributed by atoms with E-state index >= 15 is 0 Å². The molecule has 7 nitrogen and oxygen atoms in total. The highest BCUT2D eigenvalue weighted by Gasteiger charge is 2.11. The molecule has 1 aromatic carbocycles. The highest BCUT2D eigenvalue weighted by molar-refractivity contribution is 7.99. The van der Waals surface area contributed by atoms with Crippen LogP contribution < -0.4 is 10.3 Å². The number of aryl methyl sites for hydroxylation is 3. The minimum Gasteiger partial charge on any atom is -0.372 e. The first-order chi connectivity index (χ1) is 15.8. The normalized spacial score (nSPS) is 11.2. The second-order valence-corrected chi connectivity index (χ2v) is 8.81. The monoisotopic (exact) mass is 464 g/mol. The van der Waals surface area contributed by atoms with Crippen LogP contribution in [0.25, 0.3) is 5.69 Å². The molecule has 3 aromatic rings. The van der Waals surface area contributed by atoms with Crippen LogP contribution in [-0.4, -0.2) is 45.5 Å². The van der Waals surface area contributed by atoms with E-state index in [1.54, 1.807) is 6.21 Å². The van der Waals surface area contributed by atoms with Gasteiger partial charge in [-0.05, 0) is 77.9 Å². The van der Waals surface area contributed by atoms with Crippen LogP contribution in [-0.2, 0) is 4.79 Å². The first-order valence-electron chi connectivity index (χ1n) is 11.1. The SMILES string of the molecule is CCN(CC)c1ccc(-n2c(C)cc(/C=N\NC(=O)CSc3nc(C)cc(C)n3)c2C)cc1. The van der Waals surface area contributed by atoms with E-state index in [1.807, 2.05) is 19.9 Å². The number of hydrogen-bond acceptors (Lipinski definition) is 6. The second-order valence-electron chi connectivity index (χ2n) is 7.87. The predicted molar refractivity (Wildman–Crippen MR) is 137 cm³/mol. The molecule has 1 N–H and O–H groups in total. The fourth-order valence-electron chi connectivity index (χ4n) is 3.81. The number of rotatable bonds is 9. The van der Waals surface area contributed by atoms with E-state index in [0.717, 1.165) is 47.1 Å². The van der Waals surface area contributed by atoms with Crippen molar-refractivity contribution in [3.8, 4) is 5.69 Å². The summed E-state index contributed by atoms with van der Waals surface area (Å²) in [5, 5.41) is 4.76. The average molecular weight is 465 g/mol. The van der Waals surface area contributed by atoms with E-state index in [0.29, 0.717) is 5.16 Å². The molecular weight excluding hydrogens is 432 g/mol. The Labute approximate surface area is 200 Å². The number of carbonyl (C=O) groups is 1. The van der Waals surface area contributed by atoms with Crippen LogP contribution in [0.5, 0.6) is 0 Å². The summed E-state index contributed by atoms with van der Waals surface area (Å²) in [6.07, 6.45) is 1.69. The molecule has 174 valence electrons. The van der Waals surface area contributed by atoms with E-state index in [4.69, 9.17) is 0 Å². The number of nitrogens with zero attached hydrogens (tertiary/aromatic N) is 5. The van der Waals surface area contributed by atoms with Gasteiger partial charge in [0.1, 0.15) is 0 Å². The van der Waals surface area contributed by atoms with Gasteiger partial charge >= 0.3 is 0 Å². The highest BCUT2D eigenvalue weighted by atomic mass is 32.2. The number of amides is 1. The molecule has 0 spiro atoms. The summed E-state index contributed by atoms with van der Waals surface area (Å²) in [7, 11) is 0. The summed E-state index contributed by atoms with van der Waals surface area (Å²) in [4.78, 5) is 23.2. The molecule has 0 fully saturated rings. The smallest absolute Gasteiger partial charge is 0.250 e. The highest BCUT2D eigenvalue weighted by Crippen LogP contribution is 2.23.